The zero-order valence-electron chi connectivity index (χ0n) is 16.4. The molecule has 9 nitrogen and oxygen atoms in total. The molecule has 0 fully saturated rings. The van der Waals surface area contributed by atoms with E-state index in [9.17, 15) is 9.59 Å². The number of carbonyl (C=O) groups excluding carboxylic acids is 2. The van der Waals surface area contributed by atoms with E-state index < -0.39 is 0 Å². The molecule has 0 unspecified atom stereocenters. The van der Waals surface area contributed by atoms with Gasteiger partial charge in [0, 0.05) is 5.56 Å². The normalized spacial score (nSPS) is 10.7. The van der Waals surface area contributed by atoms with Gasteiger partial charge in [-0.3, -0.25) is 14.7 Å². The molecule has 158 valence electrons. The molecule has 0 bridgehead atoms. The molecule has 0 atom stereocenters. The second-order valence-electron chi connectivity index (χ2n) is 6.30. The van der Waals surface area contributed by atoms with Crippen LogP contribution < -0.4 is 15.4 Å². The van der Waals surface area contributed by atoms with E-state index in [1.165, 1.54) is 23.1 Å². The molecule has 0 aliphatic heterocycles. The number of fused-ring (bicyclic) bond motifs is 1. The number of aromatic amines is 1. The van der Waals surface area contributed by atoms with Gasteiger partial charge < -0.3 is 15.4 Å². The summed E-state index contributed by atoms with van der Waals surface area (Å²) < 4.78 is 6.09. The minimum absolute atomic E-state index is 0.144. The van der Waals surface area contributed by atoms with Crippen molar-refractivity contribution in [2.45, 2.75) is 11.7 Å². The fourth-order valence-corrected chi connectivity index (χ4v) is 4.14. The van der Waals surface area contributed by atoms with E-state index in [1.807, 2.05) is 24.3 Å². The van der Waals surface area contributed by atoms with Crippen LogP contribution in [0, 0.1) is 0 Å². The van der Waals surface area contributed by atoms with Gasteiger partial charge in [0.1, 0.15) is 11.6 Å². The number of aromatic nitrogens is 4. The minimum Gasteiger partial charge on any atom is -0.497 e. The SMILES string of the molecule is COc1ccc(C(=O)NCc2nc(SCC(=O)Nc3nc4ccccc4s3)n[nH]2)cc1. The number of benzene rings is 2. The van der Waals surface area contributed by atoms with Gasteiger partial charge in [-0.2, -0.15) is 0 Å². The van der Waals surface area contributed by atoms with Crippen molar-refractivity contribution in [2.24, 2.45) is 0 Å². The monoisotopic (exact) mass is 454 g/mol. The van der Waals surface area contributed by atoms with E-state index in [-0.39, 0.29) is 24.1 Å². The number of ether oxygens (including phenoxy) is 1. The topological polar surface area (TPSA) is 122 Å². The quantitative estimate of drug-likeness (QED) is 0.350. The van der Waals surface area contributed by atoms with Crippen molar-refractivity contribution in [1.29, 1.82) is 0 Å². The number of rotatable bonds is 8. The molecule has 0 spiro atoms. The van der Waals surface area contributed by atoms with Crippen LogP contribution in [0.5, 0.6) is 5.75 Å². The van der Waals surface area contributed by atoms with Gasteiger partial charge in [-0.05, 0) is 36.4 Å². The lowest BCUT2D eigenvalue weighted by Gasteiger charge is -2.04. The number of amides is 2. The van der Waals surface area contributed by atoms with Crippen LogP contribution >= 0.6 is 23.1 Å². The molecule has 4 aromatic rings. The summed E-state index contributed by atoms with van der Waals surface area (Å²) in [5.74, 6) is 0.897. The van der Waals surface area contributed by atoms with Crippen LogP contribution in [0.3, 0.4) is 0 Å². The molecular weight excluding hydrogens is 436 g/mol. The summed E-state index contributed by atoms with van der Waals surface area (Å²) in [6.45, 7) is 0.191. The Morgan fingerprint density at radius 3 is 2.71 bits per heavy atom. The lowest BCUT2D eigenvalue weighted by molar-refractivity contribution is -0.113. The molecule has 4 rings (SSSR count). The first-order valence-corrected chi connectivity index (χ1v) is 11.0. The van der Waals surface area contributed by atoms with E-state index >= 15 is 0 Å². The van der Waals surface area contributed by atoms with Crippen molar-refractivity contribution >= 4 is 50.3 Å². The lowest BCUT2D eigenvalue weighted by Crippen LogP contribution is -2.23. The maximum atomic E-state index is 12.2. The van der Waals surface area contributed by atoms with E-state index in [4.69, 9.17) is 4.74 Å². The van der Waals surface area contributed by atoms with Gasteiger partial charge in [0.25, 0.3) is 5.91 Å². The average Bonchev–Trinajstić information content (AvgIpc) is 3.42. The van der Waals surface area contributed by atoms with Crippen LogP contribution in [0.25, 0.3) is 10.2 Å². The number of hydrogen-bond donors (Lipinski definition) is 3. The molecule has 3 N–H and O–H groups in total. The molecule has 11 heteroatoms. The Morgan fingerprint density at radius 2 is 1.94 bits per heavy atom. The average molecular weight is 455 g/mol. The van der Waals surface area contributed by atoms with Crippen LogP contribution in [0.2, 0.25) is 0 Å². The van der Waals surface area contributed by atoms with Crippen molar-refractivity contribution < 1.29 is 14.3 Å². The first kappa shape index (κ1) is 20.8. The van der Waals surface area contributed by atoms with Crippen LogP contribution in [-0.2, 0) is 11.3 Å². The van der Waals surface area contributed by atoms with Crippen molar-refractivity contribution in [3.63, 3.8) is 0 Å². The Balaban J connectivity index is 1.24. The first-order chi connectivity index (χ1) is 15.1. The zero-order chi connectivity index (χ0) is 21.6. The fourth-order valence-electron chi connectivity index (χ4n) is 2.64. The van der Waals surface area contributed by atoms with Crippen LogP contribution in [0.1, 0.15) is 16.2 Å². The van der Waals surface area contributed by atoms with Gasteiger partial charge in [0.2, 0.25) is 11.1 Å². The molecular formula is C20H18N6O3S2. The molecule has 0 radical (unpaired) electrons. The highest BCUT2D eigenvalue weighted by molar-refractivity contribution is 7.99. The van der Waals surface area contributed by atoms with Gasteiger partial charge in [0.15, 0.2) is 5.13 Å². The van der Waals surface area contributed by atoms with Crippen molar-refractivity contribution in [3.8, 4) is 5.75 Å². The zero-order valence-corrected chi connectivity index (χ0v) is 18.0. The highest BCUT2D eigenvalue weighted by Gasteiger charge is 2.12. The van der Waals surface area contributed by atoms with Gasteiger partial charge >= 0.3 is 0 Å². The molecule has 2 heterocycles. The molecule has 2 aromatic heterocycles. The van der Waals surface area contributed by atoms with E-state index in [1.54, 1.807) is 31.4 Å². The lowest BCUT2D eigenvalue weighted by atomic mass is 10.2. The van der Waals surface area contributed by atoms with Gasteiger partial charge in [-0.25, -0.2) is 9.97 Å². The molecule has 2 aromatic carbocycles. The van der Waals surface area contributed by atoms with Crippen LogP contribution in [-0.4, -0.2) is 44.8 Å². The number of para-hydroxylation sites is 1. The van der Waals surface area contributed by atoms with Gasteiger partial charge in [-0.15, -0.1) is 5.10 Å². The van der Waals surface area contributed by atoms with Crippen molar-refractivity contribution in [1.82, 2.24) is 25.5 Å². The second kappa shape index (κ2) is 9.58. The Kier molecular flexibility index (Phi) is 6.43. The summed E-state index contributed by atoms with van der Waals surface area (Å²) in [4.78, 5) is 33.1. The predicted molar refractivity (Wildman–Crippen MR) is 120 cm³/mol. The van der Waals surface area contributed by atoms with Gasteiger partial charge in [0.05, 0.1) is 29.6 Å². The summed E-state index contributed by atoms with van der Waals surface area (Å²) in [5, 5.41) is 13.4. The first-order valence-electron chi connectivity index (χ1n) is 9.22. The summed E-state index contributed by atoms with van der Waals surface area (Å²) in [6, 6.07) is 14.5. The number of nitrogens with zero attached hydrogens (tertiary/aromatic N) is 3. The molecule has 0 saturated carbocycles. The molecule has 0 aliphatic carbocycles. The largest absolute Gasteiger partial charge is 0.497 e. The highest BCUT2D eigenvalue weighted by Crippen LogP contribution is 2.25. The molecule has 0 saturated heterocycles. The van der Waals surface area contributed by atoms with Gasteiger partial charge in [-0.1, -0.05) is 35.2 Å². The van der Waals surface area contributed by atoms with E-state index in [2.05, 4.69) is 30.8 Å². The smallest absolute Gasteiger partial charge is 0.251 e. The summed E-state index contributed by atoms with van der Waals surface area (Å²) in [5.41, 5.74) is 1.37. The number of hydrogen-bond acceptors (Lipinski definition) is 8. The predicted octanol–water partition coefficient (Wildman–Crippen LogP) is 3.08. The number of thioether (sulfide) groups is 1. The summed E-state index contributed by atoms with van der Waals surface area (Å²) in [7, 11) is 1.57. The Morgan fingerprint density at radius 1 is 1.13 bits per heavy atom. The minimum atomic E-state index is -0.233. The fraction of sp³-hybridized carbons (Fsp3) is 0.150. The number of anilines is 1. The molecule has 31 heavy (non-hydrogen) atoms. The molecule has 0 aliphatic rings. The van der Waals surface area contributed by atoms with E-state index in [0.29, 0.717) is 27.4 Å². The third kappa shape index (κ3) is 5.38. The van der Waals surface area contributed by atoms with Crippen LogP contribution in [0.15, 0.2) is 53.7 Å². The maximum Gasteiger partial charge on any atom is 0.251 e. The summed E-state index contributed by atoms with van der Waals surface area (Å²) in [6.07, 6.45) is 0. The number of thiazole rings is 1. The maximum absolute atomic E-state index is 12.2. The van der Waals surface area contributed by atoms with Crippen molar-refractivity contribution in [2.75, 3.05) is 18.2 Å². The Hall–Kier alpha value is -3.44. The second-order valence-corrected chi connectivity index (χ2v) is 8.27. The van der Waals surface area contributed by atoms with E-state index in [0.717, 1.165) is 10.2 Å². The Bertz CT molecular complexity index is 1170. The third-order valence-corrected chi connectivity index (χ3v) is 5.95. The number of nitrogens with one attached hydrogen (secondary N) is 3. The summed E-state index contributed by atoms with van der Waals surface area (Å²) >= 11 is 2.62. The Labute approximate surface area is 185 Å². The number of H-pyrrole nitrogens is 1. The highest BCUT2D eigenvalue weighted by atomic mass is 32.2. The number of methoxy groups -OCH3 is 1. The molecule has 2 amide bonds. The standard InChI is InChI=1S/C20H18N6O3S2/c1-29-13-8-6-12(7-9-13)18(28)21-10-16-23-20(26-25-16)30-11-17(27)24-19-22-14-4-2-3-5-15(14)31-19/h2-9H,10-11H2,1H3,(H,21,28)(H,22,24,27)(H,23,25,26). The number of carbonyl (C=O) groups is 2. The van der Waals surface area contributed by atoms with Crippen LogP contribution in [0.4, 0.5) is 5.13 Å². The third-order valence-electron chi connectivity index (χ3n) is 4.15. The van der Waals surface area contributed by atoms with Crippen molar-refractivity contribution in [3.05, 3.63) is 59.9 Å².